The topological polar surface area (TPSA) is 103 Å². The third-order valence-electron chi connectivity index (χ3n) is 10.4. The number of rotatable bonds is 4. The summed E-state index contributed by atoms with van der Waals surface area (Å²) < 4.78 is 16.0. The van der Waals surface area contributed by atoms with Gasteiger partial charge in [0, 0.05) is 41.0 Å². The van der Waals surface area contributed by atoms with Gasteiger partial charge in [0.2, 0.25) is 11.8 Å². The first-order valence-corrected chi connectivity index (χ1v) is 15.4. The summed E-state index contributed by atoms with van der Waals surface area (Å²) in [6, 6.07) is 5.93. The van der Waals surface area contributed by atoms with Crippen molar-refractivity contribution in [3.05, 3.63) is 57.6 Å². The van der Waals surface area contributed by atoms with Crippen LogP contribution in [-0.2, 0) is 15.0 Å². The van der Waals surface area contributed by atoms with Crippen LogP contribution in [-0.4, -0.2) is 46.1 Å². The molecule has 0 bridgehead atoms. The van der Waals surface area contributed by atoms with Crippen molar-refractivity contribution in [3.8, 4) is 0 Å². The first-order valence-electron chi connectivity index (χ1n) is 14.6. The number of benzene rings is 1. The molecule has 3 fully saturated rings. The number of hydrogen-bond donors (Lipinski definition) is 4. The third-order valence-corrected chi connectivity index (χ3v) is 10.9. The van der Waals surface area contributed by atoms with Crippen molar-refractivity contribution in [2.45, 2.75) is 94.2 Å². The minimum absolute atomic E-state index is 0.0556. The molecule has 2 spiro atoms. The molecule has 0 radical (unpaired) electrons. The van der Waals surface area contributed by atoms with Gasteiger partial charge >= 0.3 is 0 Å². The van der Waals surface area contributed by atoms with E-state index >= 15 is 4.39 Å². The number of amides is 2. The van der Waals surface area contributed by atoms with Gasteiger partial charge in [-0.15, -0.1) is 0 Å². The van der Waals surface area contributed by atoms with Crippen LogP contribution in [0.1, 0.15) is 82.3 Å². The molecule has 7 nitrogen and oxygen atoms in total. The molecule has 4 N–H and O–H groups in total. The Hall–Kier alpha value is -2.26. The number of anilines is 1. The molecule has 1 aromatic heterocycles. The fourth-order valence-electron chi connectivity index (χ4n) is 8.11. The van der Waals surface area contributed by atoms with E-state index in [0.717, 1.165) is 44.1 Å². The van der Waals surface area contributed by atoms with Gasteiger partial charge in [-0.3, -0.25) is 14.9 Å². The molecule has 41 heavy (non-hydrogen) atoms. The molecule has 0 unspecified atom stereocenters. The molecule has 2 amide bonds. The molecule has 1 aromatic carbocycles. The van der Waals surface area contributed by atoms with E-state index in [1.807, 2.05) is 6.07 Å². The molecule has 10 heteroatoms. The van der Waals surface area contributed by atoms with Crippen molar-refractivity contribution in [1.29, 1.82) is 0 Å². The highest BCUT2D eigenvalue weighted by atomic mass is 35.5. The Kier molecular flexibility index (Phi) is 7.37. The zero-order chi connectivity index (χ0) is 29.2. The second kappa shape index (κ2) is 10.5. The molecule has 2 aromatic rings. The summed E-state index contributed by atoms with van der Waals surface area (Å²) in [7, 11) is 0. The van der Waals surface area contributed by atoms with Gasteiger partial charge in [0.1, 0.15) is 5.41 Å². The maximum atomic E-state index is 16.0. The molecule has 3 heterocycles. The average molecular weight is 604 g/mol. The zero-order valence-corrected chi connectivity index (χ0v) is 24.9. The van der Waals surface area contributed by atoms with E-state index in [1.54, 1.807) is 18.2 Å². The van der Waals surface area contributed by atoms with Crippen molar-refractivity contribution in [2.24, 2.45) is 11.3 Å². The number of carbonyl (C=O) groups excluding carboxylic acids is 2. The van der Waals surface area contributed by atoms with Crippen LogP contribution >= 0.6 is 23.2 Å². The SMILES string of the molecule is CC1(C)CCC2(CC1)N[C@@H](C(=O)NC1CCC(CO)CC1)[C@H](c1ccnc(Cl)c1F)[C@]21C(=O)Nc2cc(Cl)ccc21. The molecule has 6 rings (SSSR count). The van der Waals surface area contributed by atoms with Crippen LogP contribution in [0.2, 0.25) is 10.2 Å². The van der Waals surface area contributed by atoms with Crippen molar-refractivity contribution >= 4 is 40.7 Å². The molecule has 2 saturated carbocycles. The molecule has 4 aliphatic rings. The van der Waals surface area contributed by atoms with E-state index in [2.05, 4.69) is 34.8 Å². The van der Waals surface area contributed by atoms with Crippen molar-refractivity contribution in [1.82, 2.24) is 15.6 Å². The molecule has 1 saturated heterocycles. The highest BCUT2D eigenvalue weighted by Gasteiger charge is 2.73. The molecular weight excluding hydrogens is 566 g/mol. The fourth-order valence-corrected chi connectivity index (χ4v) is 8.45. The van der Waals surface area contributed by atoms with Crippen molar-refractivity contribution < 1.29 is 19.1 Å². The summed E-state index contributed by atoms with van der Waals surface area (Å²) in [5.41, 5.74) is -0.530. The second-order valence-electron chi connectivity index (χ2n) is 13.2. The Bertz CT molecular complexity index is 1370. The molecule has 2 aliphatic heterocycles. The van der Waals surface area contributed by atoms with Crippen LogP contribution in [0.25, 0.3) is 0 Å². The van der Waals surface area contributed by atoms with Gasteiger partial charge in [-0.25, -0.2) is 9.37 Å². The first-order chi connectivity index (χ1) is 19.5. The van der Waals surface area contributed by atoms with E-state index in [4.69, 9.17) is 23.2 Å². The van der Waals surface area contributed by atoms with E-state index in [-0.39, 0.29) is 46.5 Å². The number of aliphatic hydroxyl groups excluding tert-OH is 1. The largest absolute Gasteiger partial charge is 0.396 e. The van der Waals surface area contributed by atoms with Crippen LogP contribution in [0.4, 0.5) is 10.1 Å². The summed E-state index contributed by atoms with van der Waals surface area (Å²) in [6.45, 7) is 4.59. The molecule has 220 valence electrons. The van der Waals surface area contributed by atoms with Gasteiger partial charge in [0.05, 0.1) is 6.04 Å². The van der Waals surface area contributed by atoms with E-state index in [0.29, 0.717) is 23.6 Å². The number of carbonyl (C=O) groups is 2. The van der Waals surface area contributed by atoms with E-state index in [1.165, 1.54) is 6.20 Å². The van der Waals surface area contributed by atoms with Crippen LogP contribution < -0.4 is 16.0 Å². The number of fused-ring (bicyclic) bond motifs is 3. The van der Waals surface area contributed by atoms with Crippen molar-refractivity contribution in [3.63, 3.8) is 0 Å². The Labute approximate surface area is 250 Å². The Morgan fingerprint density at radius 1 is 1.12 bits per heavy atom. The van der Waals surface area contributed by atoms with E-state index < -0.39 is 28.7 Å². The number of aromatic nitrogens is 1. The Morgan fingerprint density at radius 2 is 1.83 bits per heavy atom. The second-order valence-corrected chi connectivity index (χ2v) is 14.0. The highest BCUT2D eigenvalue weighted by molar-refractivity contribution is 6.31. The maximum absolute atomic E-state index is 16.0. The van der Waals surface area contributed by atoms with E-state index in [9.17, 15) is 14.7 Å². The number of pyridine rings is 1. The molecular formula is C31H37Cl2FN4O3. The summed E-state index contributed by atoms with van der Waals surface area (Å²) >= 11 is 12.6. The van der Waals surface area contributed by atoms with Crippen LogP contribution in [0, 0.1) is 17.2 Å². The average Bonchev–Trinajstić information content (AvgIpc) is 3.40. The lowest BCUT2D eigenvalue weighted by Gasteiger charge is -2.50. The minimum atomic E-state index is -1.29. The van der Waals surface area contributed by atoms with Gasteiger partial charge in [-0.1, -0.05) is 43.1 Å². The zero-order valence-electron chi connectivity index (χ0n) is 23.4. The van der Waals surface area contributed by atoms with Crippen LogP contribution in [0.15, 0.2) is 30.5 Å². The summed E-state index contributed by atoms with van der Waals surface area (Å²) in [4.78, 5) is 32.7. The van der Waals surface area contributed by atoms with Crippen LogP contribution in [0.5, 0.6) is 0 Å². The minimum Gasteiger partial charge on any atom is -0.396 e. The normalized spacial score (nSPS) is 31.7. The number of nitrogens with zero attached hydrogens (tertiary/aromatic N) is 1. The van der Waals surface area contributed by atoms with Gasteiger partial charge in [-0.05, 0) is 92.0 Å². The van der Waals surface area contributed by atoms with Crippen LogP contribution in [0.3, 0.4) is 0 Å². The summed E-state index contributed by atoms with van der Waals surface area (Å²) in [5.74, 6) is -1.88. The summed E-state index contributed by atoms with van der Waals surface area (Å²) in [6.07, 6.45) is 7.56. The molecule has 2 aliphatic carbocycles. The lowest BCUT2D eigenvalue weighted by atomic mass is 9.53. The fraction of sp³-hybridized carbons (Fsp3) is 0.581. The third kappa shape index (κ3) is 4.57. The summed E-state index contributed by atoms with van der Waals surface area (Å²) in [5, 5.41) is 19.7. The molecule has 3 atom stereocenters. The number of aliphatic hydroxyl groups is 1. The number of halogens is 3. The van der Waals surface area contributed by atoms with Crippen molar-refractivity contribution in [2.75, 3.05) is 11.9 Å². The number of nitrogens with one attached hydrogen (secondary N) is 3. The quantitative estimate of drug-likeness (QED) is 0.347. The predicted molar refractivity (Wildman–Crippen MR) is 157 cm³/mol. The number of hydrogen-bond acceptors (Lipinski definition) is 5. The first kappa shape index (κ1) is 28.8. The lowest BCUT2D eigenvalue weighted by molar-refractivity contribution is -0.125. The smallest absolute Gasteiger partial charge is 0.238 e. The monoisotopic (exact) mass is 602 g/mol. The Balaban J connectivity index is 1.51. The lowest BCUT2D eigenvalue weighted by Crippen LogP contribution is -2.61. The van der Waals surface area contributed by atoms with Gasteiger partial charge < -0.3 is 15.7 Å². The maximum Gasteiger partial charge on any atom is 0.238 e. The standard InChI is InChI=1S/C31H37Cl2FN4O3/c1-29(2)10-12-30(13-11-29)31(21-8-5-18(32)15-22(21)37-28(31)41)23(20-9-14-35-26(33)24(20)34)25(38-30)27(40)36-19-6-3-17(16-39)4-7-19/h5,8-9,14-15,17,19,23,25,38-39H,3-4,6-7,10-13,16H2,1-2H3,(H,36,40)(H,37,41)/t17?,19?,23-,25+,31+/m0/s1. The Morgan fingerprint density at radius 3 is 2.51 bits per heavy atom. The highest BCUT2D eigenvalue weighted by Crippen LogP contribution is 2.64. The van der Waals surface area contributed by atoms with Gasteiger partial charge in [0.25, 0.3) is 0 Å². The van der Waals surface area contributed by atoms with Gasteiger partial charge in [-0.2, -0.15) is 0 Å². The predicted octanol–water partition coefficient (Wildman–Crippen LogP) is 5.48. The van der Waals surface area contributed by atoms with Gasteiger partial charge in [0.15, 0.2) is 11.0 Å².